The summed E-state index contributed by atoms with van der Waals surface area (Å²) in [4.78, 5) is 83.2. The number of carbonyl (C=O) groups is 5. The second-order valence-corrected chi connectivity index (χ2v) is 12.6. The molecule has 3 atom stereocenters. The van der Waals surface area contributed by atoms with E-state index in [4.69, 9.17) is 19.3 Å². The standard InChI is InChI=1S/C26H26N8O11S2/c1-10-14(45-26(41)44-10)8-43-25(40)32-4-3-13(7-32)33-5-2-11(20(33)36)6-12-9-46-22-16(21(37)34(22)17(12)23(38)39)28-19(35)15(30-42)18-29-24(27)47-31-18/h6,13,16,22,42H,2-5,7-9H2,1H3,(H,28,35)(H,38,39)(H2,27,29,31)/b11-6+,30-15+. The minimum Gasteiger partial charge on any atom is -0.477 e. The van der Waals surface area contributed by atoms with E-state index in [0.717, 1.165) is 16.4 Å². The van der Waals surface area contributed by atoms with Crippen molar-refractivity contribution < 1.29 is 47.9 Å². The molecular weight excluding hydrogens is 664 g/mol. The van der Waals surface area contributed by atoms with E-state index in [1.165, 1.54) is 29.7 Å². The van der Waals surface area contributed by atoms with Crippen molar-refractivity contribution in [2.75, 3.05) is 31.1 Å². The highest BCUT2D eigenvalue weighted by molar-refractivity contribution is 8.00. The molecule has 4 amide bonds. The number of thioether (sulfide) groups is 1. The number of anilines is 1. The zero-order chi connectivity index (χ0) is 33.6. The molecule has 5 N–H and O–H groups in total. The summed E-state index contributed by atoms with van der Waals surface area (Å²) >= 11 is 1.97. The topological polar surface area (TPSA) is 264 Å². The van der Waals surface area contributed by atoms with E-state index >= 15 is 0 Å². The highest BCUT2D eigenvalue weighted by atomic mass is 32.2. The first-order chi connectivity index (χ1) is 22.5. The number of β-lactam (4-membered cyclic amide) rings is 1. The lowest BCUT2D eigenvalue weighted by Crippen LogP contribution is -2.71. The van der Waals surface area contributed by atoms with Crippen LogP contribution in [-0.4, -0.2) is 113 Å². The third kappa shape index (κ3) is 5.93. The van der Waals surface area contributed by atoms with E-state index in [1.54, 1.807) is 4.90 Å². The number of aryl methyl sites for hydroxylation is 1. The summed E-state index contributed by atoms with van der Waals surface area (Å²) in [6, 6.07) is -1.41. The molecule has 248 valence electrons. The Kier molecular flexibility index (Phi) is 8.49. The van der Waals surface area contributed by atoms with Gasteiger partial charge in [-0.2, -0.15) is 9.36 Å². The van der Waals surface area contributed by atoms with Crippen LogP contribution in [0.25, 0.3) is 0 Å². The zero-order valence-electron chi connectivity index (χ0n) is 24.4. The number of allylic oxidation sites excluding steroid dienone is 1. The predicted octanol–water partition coefficient (Wildman–Crippen LogP) is -0.538. The lowest BCUT2D eigenvalue weighted by Gasteiger charge is -2.49. The molecule has 6 rings (SSSR count). The van der Waals surface area contributed by atoms with Crippen molar-refractivity contribution in [3.05, 3.63) is 50.9 Å². The second kappa shape index (κ2) is 12.5. The third-order valence-electron chi connectivity index (χ3n) is 7.99. The minimum absolute atomic E-state index is 0.0324. The smallest absolute Gasteiger partial charge is 0.477 e. The van der Waals surface area contributed by atoms with Crippen LogP contribution >= 0.6 is 23.3 Å². The SMILES string of the molecule is Cc1oc(=O)oc1COC(=O)N1CCC(N2CC/C(=C\C3=C(C(=O)O)N4C(=O)C(NC(=O)/C(=N/O)c5nsc(N)n5)C4SC3)C2=O)C1. The number of nitrogen functional groups attached to an aromatic ring is 1. The molecular formula is C26H26N8O11S2. The van der Waals surface area contributed by atoms with Gasteiger partial charge in [0.15, 0.2) is 23.3 Å². The second-order valence-electron chi connectivity index (χ2n) is 10.7. The van der Waals surface area contributed by atoms with Crippen molar-refractivity contribution >= 4 is 63.9 Å². The molecule has 0 spiro atoms. The molecule has 4 aliphatic heterocycles. The summed E-state index contributed by atoms with van der Waals surface area (Å²) in [6.45, 7) is 2.14. The number of nitrogens with zero attached hydrogens (tertiary/aromatic N) is 6. The van der Waals surface area contributed by atoms with Gasteiger partial charge in [0, 0.05) is 42.5 Å². The monoisotopic (exact) mass is 690 g/mol. The van der Waals surface area contributed by atoms with Crippen LogP contribution in [0.3, 0.4) is 0 Å². The number of fused-ring (bicyclic) bond motifs is 1. The number of hydrogen-bond donors (Lipinski definition) is 4. The lowest BCUT2D eigenvalue weighted by atomic mass is 10.0. The number of aromatic nitrogens is 2. The van der Waals surface area contributed by atoms with E-state index in [0.29, 0.717) is 31.5 Å². The summed E-state index contributed by atoms with van der Waals surface area (Å²) in [7, 11) is 0. The normalized spacial score (nSPS) is 23.8. The van der Waals surface area contributed by atoms with Gasteiger partial charge in [-0.25, -0.2) is 14.4 Å². The quantitative estimate of drug-likeness (QED) is 0.0891. The van der Waals surface area contributed by atoms with E-state index in [9.17, 15) is 39.1 Å². The van der Waals surface area contributed by atoms with Crippen LogP contribution in [0.2, 0.25) is 0 Å². The van der Waals surface area contributed by atoms with Crippen LogP contribution in [0, 0.1) is 6.92 Å². The molecule has 2 aromatic heterocycles. The van der Waals surface area contributed by atoms with Gasteiger partial charge in [0.05, 0.1) is 6.04 Å². The molecule has 3 unspecified atom stereocenters. The highest BCUT2D eigenvalue weighted by Crippen LogP contribution is 2.41. The van der Waals surface area contributed by atoms with Crippen molar-refractivity contribution in [1.82, 2.24) is 29.4 Å². The van der Waals surface area contributed by atoms with Crippen LogP contribution in [-0.2, 0) is 30.5 Å². The Bertz CT molecular complexity index is 1830. The van der Waals surface area contributed by atoms with Gasteiger partial charge in [0.1, 0.15) is 17.1 Å². The van der Waals surface area contributed by atoms with Crippen molar-refractivity contribution in [1.29, 1.82) is 0 Å². The molecule has 2 aromatic rings. The van der Waals surface area contributed by atoms with Crippen molar-refractivity contribution in [2.24, 2.45) is 5.16 Å². The Morgan fingerprint density at radius 2 is 2.02 bits per heavy atom. The molecule has 6 heterocycles. The Labute approximate surface area is 271 Å². The van der Waals surface area contributed by atoms with Gasteiger partial charge in [-0.05, 0) is 31.4 Å². The van der Waals surface area contributed by atoms with Gasteiger partial charge in [0.25, 0.3) is 11.8 Å². The molecule has 4 aliphatic rings. The number of likely N-dealkylation sites (tertiary alicyclic amines) is 2. The van der Waals surface area contributed by atoms with Gasteiger partial charge >= 0.3 is 17.9 Å². The Hall–Kier alpha value is -5.18. The van der Waals surface area contributed by atoms with E-state index in [2.05, 4.69) is 19.8 Å². The van der Waals surface area contributed by atoms with Gasteiger partial charge in [-0.1, -0.05) is 5.16 Å². The number of hydrogen-bond acceptors (Lipinski definition) is 16. The maximum atomic E-state index is 13.4. The fourth-order valence-electron chi connectivity index (χ4n) is 5.70. The molecule has 19 nitrogen and oxygen atoms in total. The number of carboxylic acid groups (broad SMARTS) is 1. The fraction of sp³-hybridized carbons (Fsp3) is 0.423. The maximum absolute atomic E-state index is 13.4. The first kappa shape index (κ1) is 31.8. The Morgan fingerprint density at radius 3 is 2.68 bits per heavy atom. The van der Waals surface area contributed by atoms with Gasteiger partial charge in [-0.15, -0.1) is 11.8 Å². The molecule has 3 saturated heterocycles. The summed E-state index contributed by atoms with van der Waals surface area (Å²) in [5, 5.41) is 24.0. The third-order valence-corrected chi connectivity index (χ3v) is 9.83. The number of rotatable bonds is 8. The largest absolute Gasteiger partial charge is 0.519 e. The first-order valence-electron chi connectivity index (χ1n) is 14.0. The van der Waals surface area contributed by atoms with E-state index in [1.807, 2.05) is 0 Å². The number of oxime groups is 1. The first-order valence-corrected chi connectivity index (χ1v) is 15.8. The lowest BCUT2D eigenvalue weighted by molar-refractivity contribution is -0.150. The van der Waals surface area contributed by atoms with Gasteiger partial charge in [0.2, 0.25) is 17.4 Å². The van der Waals surface area contributed by atoms with Crippen LogP contribution in [0.4, 0.5) is 9.93 Å². The number of carbonyl (C=O) groups excluding carboxylic acids is 4. The average molecular weight is 691 g/mol. The minimum atomic E-state index is -1.38. The number of nitrogens with one attached hydrogen (secondary N) is 1. The molecule has 0 aliphatic carbocycles. The summed E-state index contributed by atoms with van der Waals surface area (Å²) in [6.07, 6.45) is 1.68. The average Bonchev–Trinajstić information content (AvgIpc) is 3.83. The van der Waals surface area contributed by atoms with Crippen LogP contribution in [0.15, 0.2) is 41.7 Å². The highest BCUT2D eigenvalue weighted by Gasteiger charge is 2.54. The van der Waals surface area contributed by atoms with E-state index < -0.39 is 46.8 Å². The van der Waals surface area contributed by atoms with E-state index in [-0.39, 0.29) is 64.6 Å². The van der Waals surface area contributed by atoms with Crippen LogP contribution in [0.1, 0.15) is 30.2 Å². The number of carboxylic acids is 1. The van der Waals surface area contributed by atoms with Crippen molar-refractivity contribution in [3.63, 3.8) is 0 Å². The molecule has 3 fully saturated rings. The number of nitrogens with two attached hydrogens (primary N) is 1. The summed E-state index contributed by atoms with van der Waals surface area (Å²) < 4.78 is 18.6. The molecule has 0 bridgehead atoms. The van der Waals surface area contributed by atoms with Crippen LogP contribution in [0.5, 0.6) is 0 Å². The Morgan fingerprint density at radius 1 is 1.23 bits per heavy atom. The molecule has 21 heteroatoms. The van der Waals surface area contributed by atoms with Gasteiger partial charge < -0.3 is 44.7 Å². The number of ether oxygens (including phenoxy) is 1. The summed E-state index contributed by atoms with van der Waals surface area (Å²) in [5.41, 5.74) is 5.29. The van der Waals surface area contributed by atoms with Crippen molar-refractivity contribution in [2.45, 2.75) is 43.8 Å². The zero-order valence-corrected chi connectivity index (χ0v) is 26.0. The van der Waals surface area contributed by atoms with Gasteiger partial charge in [-0.3, -0.25) is 19.3 Å². The Balaban J connectivity index is 1.09. The maximum Gasteiger partial charge on any atom is 0.519 e. The molecule has 47 heavy (non-hydrogen) atoms. The number of amides is 4. The van der Waals surface area contributed by atoms with Crippen molar-refractivity contribution in [3.8, 4) is 0 Å². The fourth-order valence-corrected chi connectivity index (χ4v) is 7.44. The summed E-state index contributed by atoms with van der Waals surface area (Å²) in [5.74, 6) is -4.02. The molecule has 0 saturated carbocycles. The number of aliphatic carboxylic acids is 1. The van der Waals surface area contributed by atoms with Crippen LogP contribution < -0.4 is 16.9 Å². The predicted molar refractivity (Wildman–Crippen MR) is 159 cm³/mol. The molecule has 0 aromatic carbocycles. The molecule has 0 radical (unpaired) electrons.